The molecule has 2 aromatic rings. The van der Waals surface area contributed by atoms with E-state index in [1.807, 2.05) is 12.4 Å². The Kier molecular flexibility index (Phi) is 14.0. The van der Waals surface area contributed by atoms with Crippen molar-refractivity contribution in [1.29, 1.82) is 0 Å². The van der Waals surface area contributed by atoms with Crippen molar-refractivity contribution in [3.05, 3.63) is 42.2 Å². The molecule has 0 saturated heterocycles. The maximum absolute atomic E-state index is 5.94. The summed E-state index contributed by atoms with van der Waals surface area (Å²) in [6, 6.07) is 8.26. The van der Waals surface area contributed by atoms with Gasteiger partial charge in [0.1, 0.15) is 5.75 Å². The summed E-state index contributed by atoms with van der Waals surface area (Å²) < 4.78 is 5.94. The Bertz CT molecular complexity index is 793. The summed E-state index contributed by atoms with van der Waals surface area (Å²) in [5, 5.41) is 0. The van der Waals surface area contributed by atoms with Crippen molar-refractivity contribution in [3.63, 3.8) is 0 Å². The molecule has 0 amide bonds. The first-order chi connectivity index (χ1) is 17.8. The lowest BCUT2D eigenvalue weighted by Crippen LogP contribution is -2.15. The van der Waals surface area contributed by atoms with Gasteiger partial charge in [-0.1, -0.05) is 110 Å². The zero-order valence-corrected chi connectivity index (χ0v) is 23.4. The number of unbranched alkanes of at least 4 members (excludes halogenated alkanes) is 9. The average Bonchev–Trinajstić information content (AvgIpc) is 2.92. The lowest BCUT2D eigenvalue weighted by atomic mass is 9.78. The molecule has 3 nitrogen and oxygen atoms in total. The number of hydrogen-bond acceptors (Lipinski definition) is 3. The molecule has 3 rings (SSSR count). The van der Waals surface area contributed by atoms with Crippen LogP contribution < -0.4 is 4.74 Å². The summed E-state index contributed by atoms with van der Waals surface area (Å²) in [7, 11) is 0. The van der Waals surface area contributed by atoms with Gasteiger partial charge < -0.3 is 4.74 Å². The predicted octanol–water partition coefficient (Wildman–Crippen LogP) is 9.98. The van der Waals surface area contributed by atoms with Gasteiger partial charge in [0, 0.05) is 18.0 Å². The predicted molar refractivity (Wildman–Crippen MR) is 153 cm³/mol. The first-order valence-corrected chi connectivity index (χ1v) is 15.3. The summed E-state index contributed by atoms with van der Waals surface area (Å²) in [6.45, 7) is 5.38. The van der Waals surface area contributed by atoms with E-state index in [4.69, 9.17) is 4.74 Å². The molecule has 1 fully saturated rings. The first kappa shape index (κ1) is 28.7. The molecule has 1 aliphatic carbocycles. The topological polar surface area (TPSA) is 35.0 Å². The van der Waals surface area contributed by atoms with E-state index in [0.717, 1.165) is 48.4 Å². The van der Waals surface area contributed by atoms with Crippen molar-refractivity contribution >= 4 is 0 Å². The molecular formula is C33H52N2O. The van der Waals surface area contributed by atoms with Crippen molar-refractivity contribution < 1.29 is 4.74 Å². The van der Waals surface area contributed by atoms with E-state index in [2.05, 4.69) is 48.1 Å². The van der Waals surface area contributed by atoms with Gasteiger partial charge in [-0.05, 0) is 60.9 Å². The van der Waals surface area contributed by atoms with E-state index < -0.39 is 0 Å². The largest absolute Gasteiger partial charge is 0.494 e. The number of nitrogens with zero attached hydrogens (tertiary/aromatic N) is 2. The second kappa shape index (κ2) is 17.5. The second-order valence-electron chi connectivity index (χ2n) is 11.2. The summed E-state index contributed by atoms with van der Waals surface area (Å²) in [5.41, 5.74) is 2.33. The Morgan fingerprint density at radius 2 is 1.22 bits per heavy atom. The van der Waals surface area contributed by atoms with E-state index in [9.17, 15) is 0 Å². The number of aryl methyl sites for hydroxylation is 1. The molecule has 200 valence electrons. The number of ether oxygens (including phenoxy) is 1. The summed E-state index contributed by atoms with van der Waals surface area (Å²) in [4.78, 5) is 9.33. The van der Waals surface area contributed by atoms with Gasteiger partial charge in [-0.15, -0.1) is 0 Å². The highest BCUT2D eigenvalue weighted by atomic mass is 16.5. The van der Waals surface area contributed by atoms with Crippen LogP contribution in [0.2, 0.25) is 0 Å². The number of aromatic nitrogens is 2. The van der Waals surface area contributed by atoms with Crippen molar-refractivity contribution in [2.45, 2.75) is 129 Å². The van der Waals surface area contributed by atoms with Crippen LogP contribution in [0.5, 0.6) is 5.75 Å². The number of benzene rings is 1. The van der Waals surface area contributed by atoms with Crippen LogP contribution in [-0.2, 0) is 6.42 Å². The van der Waals surface area contributed by atoms with Crippen molar-refractivity contribution in [1.82, 2.24) is 9.97 Å². The molecule has 1 aromatic carbocycles. The zero-order valence-electron chi connectivity index (χ0n) is 23.4. The van der Waals surface area contributed by atoms with Gasteiger partial charge in [0.05, 0.1) is 6.61 Å². The summed E-state index contributed by atoms with van der Waals surface area (Å²) >= 11 is 0. The van der Waals surface area contributed by atoms with E-state index in [1.165, 1.54) is 108 Å². The Balaban J connectivity index is 1.30. The third-order valence-corrected chi connectivity index (χ3v) is 8.11. The minimum absolute atomic E-state index is 0.806. The lowest BCUT2D eigenvalue weighted by Gasteiger charge is -2.28. The lowest BCUT2D eigenvalue weighted by molar-refractivity contribution is 0.249. The van der Waals surface area contributed by atoms with Crippen LogP contribution in [0.1, 0.15) is 129 Å². The number of rotatable bonds is 18. The van der Waals surface area contributed by atoms with Gasteiger partial charge in [-0.2, -0.15) is 0 Å². The Hall–Kier alpha value is -1.90. The summed E-state index contributed by atoms with van der Waals surface area (Å²) in [5.74, 6) is 3.64. The molecule has 1 heterocycles. The van der Waals surface area contributed by atoms with E-state index in [-0.39, 0.29) is 0 Å². The van der Waals surface area contributed by atoms with E-state index in [1.54, 1.807) is 0 Å². The fourth-order valence-corrected chi connectivity index (χ4v) is 5.62. The average molecular weight is 493 g/mol. The Labute approximate surface area is 221 Å². The van der Waals surface area contributed by atoms with Gasteiger partial charge in [-0.3, -0.25) is 0 Å². The molecule has 0 atom stereocenters. The fourth-order valence-electron chi connectivity index (χ4n) is 5.62. The molecule has 1 saturated carbocycles. The van der Waals surface area contributed by atoms with Crippen molar-refractivity contribution in [2.24, 2.45) is 11.8 Å². The molecule has 0 bridgehead atoms. The van der Waals surface area contributed by atoms with Crippen LogP contribution in [0.15, 0.2) is 36.7 Å². The molecule has 1 aromatic heterocycles. The van der Waals surface area contributed by atoms with E-state index in [0.29, 0.717) is 0 Å². The number of hydrogen-bond donors (Lipinski definition) is 0. The van der Waals surface area contributed by atoms with Crippen molar-refractivity contribution in [2.75, 3.05) is 6.61 Å². The smallest absolute Gasteiger partial charge is 0.159 e. The minimum Gasteiger partial charge on any atom is -0.494 e. The third-order valence-electron chi connectivity index (χ3n) is 8.11. The molecule has 0 aliphatic heterocycles. The summed E-state index contributed by atoms with van der Waals surface area (Å²) in [6.07, 6.45) is 28.4. The Morgan fingerprint density at radius 3 is 1.86 bits per heavy atom. The van der Waals surface area contributed by atoms with Gasteiger partial charge in [0.2, 0.25) is 0 Å². The molecule has 1 aliphatic rings. The molecule has 0 radical (unpaired) electrons. The molecule has 0 N–H and O–H groups in total. The molecule has 3 heteroatoms. The minimum atomic E-state index is 0.806. The SMILES string of the molecule is CCCCCCCCCCOc1ccc(-c2ncc(CC[C@H]3CC[C@H](CCCCC)CC3)cn2)cc1. The second-order valence-corrected chi connectivity index (χ2v) is 11.2. The van der Waals surface area contributed by atoms with Gasteiger partial charge in [-0.25, -0.2) is 9.97 Å². The monoisotopic (exact) mass is 492 g/mol. The zero-order chi connectivity index (χ0) is 25.3. The van der Waals surface area contributed by atoms with Gasteiger partial charge in [0.15, 0.2) is 5.82 Å². The van der Waals surface area contributed by atoms with Gasteiger partial charge >= 0.3 is 0 Å². The van der Waals surface area contributed by atoms with Crippen LogP contribution >= 0.6 is 0 Å². The Morgan fingerprint density at radius 1 is 0.667 bits per heavy atom. The highest BCUT2D eigenvalue weighted by Crippen LogP contribution is 2.34. The normalized spacial score (nSPS) is 17.8. The van der Waals surface area contributed by atoms with Gasteiger partial charge in [0.25, 0.3) is 0 Å². The van der Waals surface area contributed by atoms with Crippen LogP contribution in [0.25, 0.3) is 11.4 Å². The van der Waals surface area contributed by atoms with Crippen LogP contribution in [0, 0.1) is 11.8 Å². The first-order valence-electron chi connectivity index (χ1n) is 15.3. The molecule has 0 spiro atoms. The van der Waals surface area contributed by atoms with Crippen LogP contribution in [0.3, 0.4) is 0 Å². The molecule has 0 unspecified atom stereocenters. The third kappa shape index (κ3) is 11.0. The maximum atomic E-state index is 5.94. The highest BCUT2D eigenvalue weighted by Gasteiger charge is 2.20. The fraction of sp³-hybridized carbons (Fsp3) is 0.697. The standard InChI is InChI=1S/C33H52N2O/c1-3-5-7-8-9-10-11-13-25-36-32-23-21-31(22-24-32)33-34-26-30(27-35-33)20-19-29-17-15-28(16-18-29)14-12-6-4-2/h21-24,26-29H,3-20,25H2,1-2H3/t28-,29-. The van der Waals surface area contributed by atoms with Crippen molar-refractivity contribution in [3.8, 4) is 17.1 Å². The van der Waals surface area contributed by atoms with Crippen LogP contribution in [-0.4, -0.2) is 16.6 Å². The highest BCUT2D eigenvalue weighted by molar-refractivity contribution is 5.55. The quantitative estimate of drug-likeness (QED) is 0.194. The van der Waals surface area contributed by atoms with E-state index >= 15 is 0 Å². The molecule has 36 heavy (non-hydrogen) atoms. The van der Waals surface area contributed by atoms with Crippen LogP contribution in [0.4, 0.5) is 0 Å². The maximum Gasteiger partial charge on any atom is 0.159 e. The molecular weight excluding hydrogens is 440 g/mol.